The number of fused-ring (bicyclic) bond motifs is 3. The van der Waals surface area contributed by atoms with Gasteiger partial charge in [0.1, 0.15) is 17.4 Å². The molecule has 3 heterocycles. The van der Waals surface area contributed by atoms with Crippen LogP contribution in [0.25, 0.3) is 22.1 Å². The molecule has 1 aliphatic rings. The summed E-state index contributed by atoms with van der Waals surface area (Å²) in [6.45, 7) is 4.71. The van der Waals surface area contributed by atoms with E-state index in [9.17, 15) is 0 Å². The molecule has 5 nitrogen and oxygen atoms in total. The summed E-state index contributed by atoms with van der Waals surface area (Å²) in [6, 6.07) is 8.00. The van der Waals surface area contributed by atoms with Gasteiger partial charge in [-0.05, 0) is 31.9 Å². The van der Waals surface area contributed by atoms with E-state index in [2.05, 4.69) is 21.8 Å². The van der Waals surface area contributed by atoms with Crippen LogP contribution in [0.3, 0.4) is 0 Å². The molecule has 0 spiro atoms. The molecule has 22 heavy (non-hydrogen) atoms. The summed E-state index contributed by atoms with van der Waals surface area (Å²) in [6.07, 6.45) is 4.06. The summed E-state index contributed by atoms with van der Waals surface area (Å²) in [5.74, 6) is 0.899. The molecule has 4 rings (SSSR count). The van der Waals surface area contributed by atoms with Gasteiger partial charge in [0.2, 0.25) is 0 Å². The van der Waals surface area contributed by atoms with Crippen LogP contribution in [0.5, 0.6) is 0 Å². The van der Waals surface area contributed by atoms with E-state index in [0.717, 1.165) is 60.4 Å². The van der Waals surface area contributed by atoms with Crippen LogP contribution >= 0.6 is 0 Å². The van der Waals surface area contributed by atoms with Crippen molar-refractivity contribution in [3.63, 3.8) is 0 Å². The normalized spacial score (nSPS) is 16.7. The third-order valence-corrected chi connectivity index (χ3v) is 4.28. The first-order valence-electron chi connectivity index (χ1n) is 7.85. The topological polar surface area (TPSA) is 51.4 Å². The smallest absolute Gasteiger partial charge is 0.196 e. The SMILES string of the molecule is CCOC1CCN(c2ncnc3c2oc2ccccc23)CC1. The fraction of sp³-hybridized carbons (Fsp3) is 0.412. The molecule has 3 aromatic rings. The Hall–Kier alpha value is -2.14. The van der Waals surface area contributed by atoms with Crippen molar-refractivity contribution in [1.82, 2.24) is 9.97 Å². The number of benzene rings is 1. The summed E-state index contributed by atoms with van der Waals surface area (Å²) in [5.41, 5.74) is 2.55. The molecular weight excluding hydrogens is 278 g/mol. The van der Waals surface area contributed by atoms with Gasteiger partial charge >= 0.3 is 0 Å². The van der Waals surface area contributed by atoms with Crippen molar-refractivity contribution in [2.24, 2.45) is 0 Å². The molecule has 1 aliphatic heterocycles. The number of rotatable bonds is 3. The molecule has 114 valence electrons. The molecular formula is C17H19N3O2. The Morgan fingerprint density at radius 2 is 2.05 bits per heavy atom. The Morgan fingerprint density at radius 3 is 2.86 bits per heavy atom. The number of para-hydroxylation sites is 1. The van der Waals surface area contributed by atoms with Crippen LogP contribution < -0.4 is 4.90 Å². The molecule has 0 saturated carbocycles. The van der Waals surface area contributed by atoms with Gasteiger partial charge in [-0.3, -0.25) is 0 Å². The minimum atomic E-state index is 0.370. The van der Waals surface area contributed by atoms with Crippen LogP contribution in [-0.2, 0) is 4.74 Å². The van der Waals surface area contributed by atoms with E-state index in [1.165, 1.54) is 0 Å². The Labute approximate surface area is 128 Å². The van der Waals surface area contributed by atoms with Gasteiger partial charge < -0.3 is 14.1 Å². The second kappa shape index (κ2) is 5.57. The summed E-state index contributed by atoms with van der Waals surface area (Å²) >= 11 is 0. The van der Waals surface area contributed by atoms with Crippen LogP contribution in [0, 0.1) is 0 Å². The van der Waals surface area contributed by atoms with Gasteiger partial charge in [0.05, 0.1) is 6.10 Å². The van der Waals surface area contributed by atoms with Gasteiger partial charge in [0.25, 0.3) is 0 Å². The van der Waals surface area contributed by atoms with E-state index < -0.39 is 0 Å². The van der Waals surface area contributed by atoms with Crippen molar-refractivity contribution < 1.29 is 9.15 Å². The predicted octanol–water partition coefficient (Wildman–Crippen LogP) is 3.38. The Balaban J connectivity index is 1.70. The van der Waals surface area contributed by atoms with Gasteiger partial charge in [-0.1, -0.05) is 12.1 Å². The van der Waals surface area contributed by atoms with Crippen LogP contribution in [0.4, 0.5) is 5.82 Å². The van der Waals surface area contributed by atoms with Crippen LogP contribution in [-0.4, -0.2) is 35.8 Å². The third kappa shape index (κ3) is 2.22. The van der Waals surface area contributed by atoms with Crippen molar-refractivity contribution >= 4 is 27.9 Å². The number of hydrogen-bond donors (Lipinski definition) is 0. The van der Waals surface area contributed by atoms with E-state index >= 15 is 0 Å². The molecule has 1 aromatic carbocycles. The van der Waals surface area contributed by atoms with Gasteiger partial charge in [-0.25, -0.2) is 9.97 Å². The number of furan rings is 1. The van der Waals surface area contributed by atoms with Crippen molar-refractivity contribution in [2.45, 2.75) is 25.9 Å². The van der Waals surface area contributed by atoms with E-state index in [1.807, 2.05) is 24.3 Å². The highest BCUT2D eigenvalue weighted by Crippen LogP contribution is 2.33. The first kappa shape index (κ1) is 13.5. The molecule has 1 fully saturated rings. The Bertz CT molecular complexity index is 791. The Morgan fingerprint density at radius 1 is 1.23 bits per heavy atom. The lowest BCUT2D eigenvalue weighted by molar-refractivity contribution is 0.0458. The second-order valence-corrected chi connectivity index (χ2v) is 5.61. The maximum Gasteiger partial charge on any atom is 0.196 e. The van der Waals surface area contributed by atoms with E-state index in [1.54, 1.807) is 6.33 Å². The van der Waals surface area contributed by atoms with Gasteiger partial charge in [0, 0.05) is 25.1 Å². The molecule has 0 aliphatic carbocycles. The number of aromatic nitrogens is 2. The maximum atomic E-state index is 6.01. The van der Waals surface area contributed by atoms with Gasteiger partial charge in [0.15, 0.2) is 11.4 Å². The lowest BCUT2D eigenvalue weighted by Gasteiger charge is -2.32. The predicted molar refractivity (Wildman–Crippen MR) is 86.2 cm³/mol. The molecule has 0 unspecified atom stereocenters. The summed E-state index contributed by atoms with van der Waals surface area (Å²) in [4.78, 5) is 11.2. The van der Waals surface area contributed by atoms with E-state index in [4.69, 9.17) is 9.15 Å². The lowest BCUT2D eigenvalue weighted by atomic mass is 10.1. The lowest BCUT2D eigenvalue weighted by Crippen LogP contribution is -2.37. The number of nitrogens with zero attached hydrogens (tertiary/aromatic N) is 3. The number of ether oxygens (including phenoxy) is 1. The van der Waals surface area contributed by atoms with Crippen molar-refractivity contribution in [3.8, 4) is 0 Å². The molecule has 1 saturated heterocycles. The average molecular weight is 297 g/mol. The highest BCUT2D eigenvalue weighted by molar-refractivity contribution is 6.05. The molecule has 2 aromatic heterocycles. The maximum absolute atomic E-state index is 6.01. The van der Waals surface area contributed by atoms with Crippen LogP contribution in [0.2, 0.25) is 0 Å². The fourth-order valence-electron chi connectivity index (χ4n) is 3.21. The second-order valence-electron chi connectivity index (χ2n) is 5.61. The van der Waals surface area contributed by atoms with E-state index in [0.29, 0.717) is 6.10 Å². The monoisotopic (exact) mass is 297 g/mol. The van der Waals surface area contributed by atoms with Crippen molar-refractivity contribution in [3.05, 3.63) is 30.6 Å². The van der Waals surface area contributed by atoms with Crippen LogP contribution in [0.15, 0.2) is 35.0 Å². The third-order valence-electron chi connectivity index (χ3n) is 4.28. The molecule has 0 amide bonds. The highest BCUT2D eigenvalue weighted by Gasteiger charge is 2.23. The number of anilines is 1. The molecule has 0 bridgehead atoms. The minimum absolute atomic E-state index is 0.370. The summed E-state index contributed by atoms with van der Waals surface area (Å²) in [7, 11) is 0. The van der Waals surface area contributed by atoms with Crippen molar-refractivity contribution in [1.29, 1.82) is 0 Å². The van der Waals surface area contributed by atoms with Crippen molar-refractivity contribution in [2.75, 3.05) is 24.6 Å². The Kier molecular flexibility index (Phi) is 3.42. The highest BCUT2D eigenvalue weighted by atomic mass is 16.5. The number of hydrogen-bond acceptors (Lipinski definition) is 5. The van der Waals surface area contributed by atoms with Crippen LogP contribution in [0.1, 0.15) is 19.8 Å². The minimum Gasteiger partial charge on any atom is -0.450 e. The summed E-state index contributed by atoms with van der Waals surface area (Å²) < 4.78 is 11.7. The zero-order valence-corrected chi connectivity index (χ0v) is 12.7. The first-order chi connectivity index (χ1) is 10.9. The quantitative estimate of drug-likeness (QED) is 0.741. The van der Waals surface area contributed by atoms with E-state index in [-0.39, 0.29) is 0 Å². The first-order valence-corrected chi connectivity index (χ1v) is 7.85. The van der Waals surface area contributed by atoms with Gasteiger partial charge in [-0.2, -0.15) is 0 Å². The molecule has 0 N–H and O–H groups in total. The fourth-order valence-corrected chi connectivity index (χ4v) is 3.21. The number of piperidine rings is 1. The largest absolute Gasteiger partial charge is 0.450 e. The van der Waals surface area contributed by atoms with Gasteiger partial charge in [-0.15, -0.1) is 0 Å². The summed E-state index contributed by atoms with van der Waals surface area (Å²) in [5, 5.41) is 1.05. The zero-order chi connectivity index (χ0) is 14.9. The molecule has 0 radical (unpaired) electrons. The molecule has 5 heteroatoms. The molecule has 0 atom stereocenters. The average Bonchev–Trinajstić information content (AvgIpc) is 2.95. The standard InChI is InChI=1S/C17H19N3O2/c1-2-21-12-7-9-20(10-8-12)17-16-15(18-11-19-17)13-5-3-4-6-14(13)22-16/h3-6,11-12H,2,7-10H2,1H3. The zero-order valence-electron chi connectivity index (χ0n) is 12.7.